The van der Waals surface area contributed by atoms with Crippen LogP contribution in [-0.2, 0) is 12.5 Å². The number of pyridine rings is 1. The van der Waals surface area contributed by atoms with Crippen molar-refractivity contribution in [1.29, 1.82) is 0 Å². The van der Waals surface area contributed by atoms with Gasteiger partial charge in [0, 0.05) is 13.0 Å². The fourth-order valence-corrected chi connectivity index (χ4v) is 3.50. The number of aromatic nitrogens is 1. The van der Waals surface area contributed by atoms with E-state index in [9.17, 15) is 0 Å². The minimum Gasteiger partial charge on any atom is -0.238 e. The Morgan fingerprint density at radius 1 is 0.962 bits per heavy atom. The van der Waals surface area contributed by atoms with Gasteiger partial charge in [-0.2, -0.15) is 4.57 Å². The SMILES string of the molecule is [C-]#[N+]c1ccc2c(-c3cc(C(C)(C)C)cc(C)c3C)[n+](C)c(C)cc2c1. The van der Waals surface area contributed by atoms with Gasteiger partial charge in [0.05, 0.1) is 17.5 Å². The van der Waals surface area contributed by atoms with Gasteiger partial charge >= 0.3 is 0 Å². The Morgan fingerprint density at radius 2 is 1.65 bits per heavy atom. The fourth-order valence-electron chi connectivity index (χ4n) is 3.50. The Labute approximate surface area is 156 Å². The molecule has 2 aromatic carbocycles. The van der Waals surface area contributed by atoms with Crippen molar-refractivity contribution in [2.45, 2.75) is 47.0 Å². The molecule has 0 aliphatic rings. The van der Waals surface area contributed by atoms with Gasteiger partial charge in [0.2, 0.25) is 5.69 Å². The number of benzene rings is 2. The van der Waals surface area contributed by atoms with E-state index < -0.39 is 0 Å². The van der Waals surface area contributed by atoms with Gasteiger partial charge in [0.15, 0.2) is 11.4 Å². The summed E-state index contributed by atoms with van der Waals surface area (Å²) in [5.74, 6) is 0. The van der Waals surface area contributed by atoms with Gasteiger partial charge in [0.1, 0.15) is 7.05 Å². The van der Waals surface area contributed by atoms with Gasteiger partial charge in [-0.1, -0.05) is 39.0 Å². The summed E-state index contributed by atoms with van der Waals surface area (Å²) < 4.78 is 2.27. The van der Waals surface area contributed by atoms with Crippen LogP contribution in [0.3, 0.4) is 0 Å². The zero-order chi connectivity index (χ0) is 19.2. The van der Waals surface area contributed by atoms with Crippen LogP contribution in [0.5, 0.6) is 0 Å². The first-order chi connectivity index (χ1) is 12.1. The molecule has 0 N–H and O–H groups in total. The van der Waals surface area contributed by atoms with Gasteiger partial charge in [-0.25, -0.2) is 4.85 Å². The molecule has 1 heterocycles. The standard InChI is InChI=1S/C24H27N2/c1-15-11-19(24(4,5)6)14-22(17(15)3)23-21-10-9-20(25-7)13-18(21)12-16(2)26(23)8/h9-14H,1-6,8H3/q+1. The third-order valence-electron chi connectivity index (χ3n) is 5.44. The fraction of sp³-hybridized carbons (Fsp3) is 0.333. The van der Waals surface area contributed by atoms with Crippen molar-refractivity contribution in [2.24, 2.45) is 7.05 Å². The summed E-state index contributed by atoms with van der Waals surface area (Å²) in [4.78, 5) is 3.60. The molecule has 2 nitrogen and oxygen atoms in total. The lowest BCUT2D eigenvalue weighted by Crippen LogP contribution is -2.35. The van der Waals surface area contributed by atoms with Crippen LogP contribution in [0.15, 0.2) is 36.4 Å². The van der Waals surface area contributed by atoms with Crippen molar-refractivity contribution in [1.82, 2.24) is 0 Å². The molecule has 0 saturated carbocycles. The van der Waals surface area contributed by atoms with Gasteiger partial charge in [-0.05, 0) is 53.5 Å². The quantitative estimate of drug-likeness (QED) is 0.372. The van der Waals surface area contributed by atoms with Crippen LogP contribution in [-0.4, -0.2) is 0 Å². The lowest BCUT2D eigenvalue weighted by molar-refractivity contribution is -0.665. The van der Waals surface area contributed by atoms with Gasteiger partial charge in [-0.3, -0.25) is 0 Å². The van der Waals surface area contributed by atoms with Gasteiger partial charge < -0.3 is 0 Å². The smallest absolute Gasteiger partial charge is 0.220 e. The molecule has 0 amide bonds. The molecule has 26 heavy (non-hydrogen) atoms. The van der Waals surface area contributed by atoms with E-state index in [0.717, 1.165) is 5.39 Å². The first-order valence-electron chi connectivity index (χ1n) is 9.06. The Bertz CT molecular complexity index is 1060. The predicted octanol–water partition coefficient (Wildman–Crippen LogP) is 6.10. The molecule has 0 atom stereocenters. The molecular weight excluding hydrogens is 316 g/mol. The molecule has 3 rings (SSSR count). The second-order valence-corrected chi connectivity index (χ2v) is 8.29. The van der Waals surface area contributed by atoms with E-state index in [2.05, 4.69) is 82.3 Å². The van der Waals surface area contributed by atoms with Crippen molar-refractivity contribution < 1.29 is 4.57 Å². The van der Waals surface area contributed by atoms with E-state index >= 15 is 0 Å². The minimum atomic E-state index is 0.0999. The highest BCUT2D eigenvalue weighted by Crippen LogP contribution is 2.35. The van der Waals surface area contributed by atoms with E-state index in [1.54, 1.807) is 0 Å². The van der Waals surface area contributed by atoms with Crippen LogP contribution in [0.25, 0.3) is 26.9 Å². The van der Waals surface area contributed by atoms with Gasteiger partial charge in [-0.15, -0.1) is 0 Å². The second kappa shape index (κ2) is 6.25. The zero-order valence-corrected chi connectivity index (χ0v) is 16.9. The summed E-state index contributed by atoms with van der Waals surface area (Å²) in [6.45, 7) is 20.6. The number of nitrogens with zero attached hydrogens (tertiary/aromatic N) is 2. The molecule has 2 heteroatoms. The van der Waals surface area contributed by atoms with Crippen molar-refractivity contribution in [3.8, 4) is 11.3 Å². The number of hydrogen-bond acceptors (Lipinski definition) is 0. The molecule has 0 unspecified atom stereocenters. The number of aryl methyl sites for hydroxylation is 2. The summed E-state index contributed by atoms with van der Waals surface area (Å²) in [6, 6.07) is 12.8. The molecular formula is C24H27N2+. The maximum Gasteiger partial charge on any atom is 0.220 e. The summed E-state index contributed by atoms with van der Waals surface area (Å²) in [6.07, 6.45) is 0. The highest BCUT2D eigenvalue weighted by molar-refractivity contribution is 5.96. The van der Waals surface area contributed by atoms with Crippen molar-refractivity contribution in [2.75, 3.05) is 0 Å². The first-order valence-corrected chi connectivity index (χ1v) is 9.06. The molecule has 0 fully saturated rings. The molecule has 3 aromatic rings. The Hall–Kier alpha value is -2.66. The highest BCUT2D eigenvalue weighted by atomic mass is 14.9. The summed E-state index contributed by atoms with van der Waals surface area (Å²) in [5.41, 5.74) is 8.46. The minimum absolute atomic E-state index is 0.0999. The van der Waals surface area contributed by atoms with Crippen molar-refractivity contribution in [3.05, 3.63) is 70.2 Å². The van der Waals surface area contributed by atoms with E-state index in [4.69, 9.17) is 6.57 Å². The van der Waals surface area contributed by atoms with E-state index in [1.807, 2.05) is 12.1 Å². The Morgan fingerprint density at radius 3 is 2.27 bits per heavy atom. The lowest BCUT2D eigenvalue weighted by Gasteiger charge is -2.22. The van der Waals surface area contributed by atoms with Crippen LogP contribution in [0.1, 0.15) is 43.2 Å². The Balaban J connectivity index is 2.44. The van der Waals surface area contributed by atoms with Crippen LogP contribution >= 0.6 is 0 Å². The van der Waals surface area contributed by atoms with Crippen molar-refractivity contribution >= 4 is 16.5 Å². The topological polar surface area (TPSA) is 8.24 Å². The molecule has 0 bridgehead atoms. The van der Waals surface area contributed by atoms with E-state index in [0.29, 0.717) is 5.69 Å². The summed E-state index contributed by atoms with van der Waals surface area (Å²) in [5, 5.41) is 2.32. The largest absolute Gasteiger partial charge is 0.238 e. The molecule has 132 valence electrons. The summed E-state index contributed by atoms with van der Waals surface area (Å²) >= 11 is 0. The van der Waals surface area contributed by atoms with Crippen LogP contribution in [0.4, 0.5) is 5.69 Å². The van der Waals surface area contributed by atoms with Crippen molar-refractivity contribution in [3.63, 3.8) is 0 Å². The molecule has 0 aliphatic carbocycles. The highest BCUT2D eigenvalue weighted by Gasteiger charge is 2.23. The van der Waals surface area contributed by atoms with E-state index in [1.165, 1.54) is 39.0 Å². The first kappa shape index (κ1) is 18.1. The third kappa shape index (κ3) is 2.99. The second-order valence-electron chi connectivity index (χ2n) is 8.29. The average molecular weight is 343 g/mol. The van der Waals surface area contributed by atoms with Crippen LogP contribution < -0.4 is 4.57 Å². The Kier molecular flexibility index (Phi) is 4.36. The molecule has 0 aliphatic heterocycles. The molecule has 0 saturated heterocycles. The predicted molar refractivity (Wildman–Crippen MR) is 110 cm³/mol. The van der Waals surface area contributed by atoms with Crippen LogP contribution in [0, 0.1) is 27.3 Å². The van der Waals surface area contributed by atoms with E-state index in [-0.39, 0.29) is 5.41 Å². The third-order valence-corrected chi connectivity index (χ3v) is 5.44. The van der Waals surface area contributed by atoms with Gasteiger partial charge in [0.25, 0.3) is 0 Å². The maximum absolute atomic E-state index is 7.31. The molecule has 0 spiro atoms. The normalized spacial score (nSPS) is 11.6. The number of hydrogen-bond donors (Lipinski definition) is 0. The number of fused-ring (bicyclic) bond motifs is 1. The molecule has 1 aromatic heterocycles. The lowest BCUT2D eigenvalue weighted by atomic mass is 9.82. The zero-order valence-electron chi connectivity index (χ0n) is 16.9. The average Bonchev–Trinajstić information content (AvgIpc) is 2.57. The maximum atomic E-state index is 7.31. The number of rotatable bonds is 1. The summed E-state index contributed by atoms with van der Waals surface area (Å²) in [7, 11) is 2.13. The monoisotopic (exact) mass is 343 g/mol. The van der Waals surface area contributed by atoms with Crippen LogP contribution in [0.2, 0.25) is 0 Å². The molecule has 0 radical (unpaired) electrons.